The zero-order valence-electron chi connectivity index (χ0n) is 13.7. The lowest BCUT2D eigenvalue weighted by molar-refractivity contribution is 0.0948. The van der Waals surface area contributed by atoms with Crippen LogP contribution in [0.25, 0.3) is 0 Å². The predicted octanol–water partition coefficient (Wildman–Crippen LogP) is 1.65. The van der Waals surface area contributed by atoms with Crippen LogP contribution < -0.4 is 26.3 Å². The van der Waals surface area contributed by atoms with Crippen molar-refractivity contribution in [1.82, 2.24) is 14.8 Å². The lowest BCUT2D eigenvalue weighted by atomic mass is 10.2. The number of hydrogen-bond acceptors (Lipinski definition) is 8. The minimum Gasteiger partial charge on any atom is -0.486 e. The largest absolute Gasteiger partial charge is 0.486 e. The molecule has 0 radical (unpaired) electrons. The summed E-state index contributed by atoms with van der Waals surface area (Å²) in [7, 11) is 0. The van der Waals surface area contributed by atoms with Crippen molar-refractivity contribution in [3.63, 3.8) is 0 Å². The van der Waals surface area contributed by atoms with Gasteiger partial charge >= 0.3 is 0 Å². The Balaban J connectivity index is 1.56. The monoisotopic (exact) mass is 352 g/mol. The van der Waals surface area contributed by atoms with Crippen LogP contribution >= 0.6 is 0 Å². The van der Waals surface area contributed by atoms with E-state index in [1.165, 1.54) is 0 Å². The highest BCUT2D eigenvalue weighted by molar-refractivity contribution is 5.97. The van der Waals surface area contributed by atoms with Crippen LogP contribution in [0.3, 0.4) is 0 Å². The van der Waals surface area contributed by atoms with E-state index in [-0.39, 0.29) is 11.9 Å². The molecule has 0 aliphatic carbocycles. The molecule has 0 unspecified atom stereocenters. The first-order valence-corrected chi connectivity index (χ1v) is 7.89. The highest BCUT2D eigenvalue weighted by atomic mass is 16.6. The van der Waals surface area contributed by atoms with Gasteiger partial charge in [-0.1, -0.05) is 0 Å². The number of hydrogen-bond donors (Lipinski definition) is 3. The van der Waals surface area contributed by atoms with Gasteiger partial charge in [0, 0.05) is 23.0 Å². The van der Waals surface area contributed by atoms with Crippen molar-refractivity contribution in [2.45, 2.75) is 0 Å². The SMILES string of the molecule is Nc1ccc(C(=O)n2nc(Nc3ccc4c(c3)OCCO4)nc2N)cc1. The molecule has 0 spiro atoms. The van der Waals surface area contributed by atoms with E-state index in [0.29, 0.717) is 41.7 Å². The molecule has 9 nitrogen and oxygen atoms in total. The number of ether oxygens (including phenoxy) is 2. The van der Waals surface area contributed by atoms with Crippen molar-refractivity contribution in [1.29, 1.82) is 0 Å². The van der Waals surface area contributed by atoms with Gasteiger partial charge in [0.2, 0.25) is 11.9 Å². The fourth-order valence-electron chi connectivity index (χ4n) is 2.52. The van der Waals surface area contributed by atoms with Gasteiger partial charge in [-0.15, -0.1) is 5.10 Å². The van der Waals surface area contributed by atoms with Gasteiger partial charge in [-0.05, 0) is 36.4 Å². The number of carbonyl (C=O) groups is 1. The van der Waals surface area contributed by atoms with E-state index in [2.05, 4.69) is 15.4 Å². The summed E-state index contributed by atoms with van der Waals surface area (Å²) in [6, 6.07) is 11.8. The van der Waals surface area contributed by atoms with Gasteiger partial charge in [0.1, 0.15) is 13.2 Å². The van der Waals surface area contributed by atoms with Gasteiger partial charge in [0.05, 0.1) is 0 Å². The second-order valence-corrected chi connectivity index (χ2v) is 5.62. The van der Waals surface area contributed by atoms with E-state index in [9.17, 15) is 4.79 Å². The van der Waals surface area contributed by atoms with Crippen LogP contribution in [-0.2, 0) is 0 Å². The van der Waals surface area contributed by atoms with Crippen molar-refractivity contribution >= 4 is 29.2 Å². The lowest BCUT2D eigenvalue weighted by Gasteiger charge is -2.18. The third-order valence-corrected chi connectivity index (χ3v) is 3.78. The molecule has 0 saturated heterocycles. The normalized spacial score (nSPS) is 12.6. The standard InChI is InChI=1S/C17H16N6O3/c18-11-3-1-10(2-4-11)15(24)23-16(19)21-17(22-23)20-12-5-6-13-14(9-12)26-8-7-25-13/h1-6,9H,7-8,18H2,(H3,19,20,21,22). The minimum absolute atomic E-state index is 0.0214. The highest BCUT2D eigenvalue weighted by Gasteiger charge is 2.17. The Morgan fingerprint density at radius 2 is 1.77 bits per heavy atom. The van der Waals surface area contributed by atoms with E-state index < -0.39 is 5.91 Å². The summed E-state index contributed by atoms with van der Waals surface area (Å²) in [6.45, 7) is 1.02. The summed E-state index contributed by atoms with van der Waals surface area (Å²) in [6.07, 6.45) is 0. The van der Waals surface area contributed by atoms with Crippen LogP contribution in [0.15, 0.2) is 42.5 Å². The minimum atomic E-state index is -0.398. The zero-order chi connectivity index (χ0) is 18.1. The average molecular weight is 352 g/mol. The second kappa shape index (κ2) is 6.28. The predicted molar refractivity (Wildman–Crippen MR) is 95.7 cm³/mol. The third kappa shape index (κ3) is 2.97. The lowest BCUT2D eigenvalue weighted by Crippen LogP contribution is -2.16. The Labute approximate surface area is 148 Å². The Hall–Kier alpha value is -3.75. The molecule has 0 fully saturated rings. The van der Waals surface area contributed by atoms with Gasteiger partial charge < -0.3 is 26.3 Å². The van der Waals surface area contributed by atoms with E-state index in [1.54, 1.807) is 42.5 Å². The summed E-state index contributed by atoms with van der Waals surface area (Å²) in [5, 5.41) is 7.13. The van der Waals surface area contributed by atoms with Gasteiger partial charge in [-0.3, -0.25) is 4.79 Å². The number of nitrogen functional groups attached to an aromatic ring is 2. The smallest absolute Gasteiger partial charge is 0.281 e. The topological polar surface area (TPSA) is 130 Å². The first-order valence-electron chi connectivity index (χ1n) is 7.89. The van der Waals surface area contributed by atoms with Crippen LogP contribution in [-0.4, -0.2) is 33.9 Å². The fraction of sp³-hybridized carbons (Fsp3) is 0.118. The summed E-state index contributed by atoms with van der Waals surface area (Å²) in [5.41, 5.74) is 13.1. The number of nitrogens with two attached hydrogens (primary N) is 2. The molecule has 0 bridgehead atoms. The molecule has 5 N–H and O–H groups in total. The maximum atomic E-state index is 12.5. The number of benzene rings is 2. The van der Waals surface area contributed by atoms with Crippen molar-refractivity contribution in [2.75, 3.05) is 30.0 Å². The van der Waals surface area contributed by atoms with E-state index in [1.807, 2.05) is 0 Å². The quantitative estimate of drug-likeness (QED) is 0.607. The van der Waals surface area contributed by atoms with Crippen molar-refractivity contribution in [3.05, 3.63) is 48.0 Å². The van der Waals surface area contributed by atoms with Crippen LogP contribution in [0, 0.1) is 0 Å². The Bertz CT molecular complexity index is 967. The van der Waals surface area contributed by atoms with Gasteiger partial charge in [-0.25, -0.2) is 0 Å². The zero-order valence-corrected chi connectivity index (χ0v) is 13.7. The molecule has 132 valence electrons. The van der Waals surface area contributed by atoms with E-state index in [4.69, 9.17) is 20.9 Å². The molecule has 1 aliphatic heterocycles. The summed E-state index contributed by atoms with van der Waals surface area (Å²) in [5.74, 6) is 1.09. The van der Waals surface area contributed by atoms with Gasteiger partial charge in [0.15, 0.2) is 11.5 Å². The molecule has 0 amide bonds. The Morgan fingerprint density at radius 3 is 2.54 bits per heavy atom. The van der Waals surface area contributed by atoms with Crippen LogP contribution in [0.5, 0.6) is 11.5 Å². The van der Waals surface area contributed by atoms with E-state index >= 15 is 0 Å². The highest BCUT2D eigenvalue weighted by Crippen LogP contribution is 2.33. The molecule has 2 aromatic carbocycles. The van der Waals surface area contributed by atoms with Crippen molar-refractivity contribution < 1.29 is 14.3 Å². The molecule has 0 saturated carbocycles. The molecular formula is C17H16N6O3. The first-order chi connectivity index (χ1) is 12.6. The number of carbonyl (C=O) groups excluding carboxylic acids is 1. The number of anilines is 4. The Morgan fingerprint density at radius 1 is 1.04 bits per heavy atom. The number of nitrogens with zero attached hydrogens (tertiary/aromatic N) is 3. The number of fused-ring (bicyclic) bond motifs is 1. The first kappa shape index (κ1) is 15.8. The number of nitrogens with one attached hydrogen (secondary N) is 1. The number of aromatic nitrogens is 3. The van der Waals surface area contributed by atoms with Gasteiger partial charge in [0.25, 0.3) is 5.91 Å². The average Bonchev–Trinajstić information content (AvgIpc) is 3.02. The molecule has 0 atom stereocenters. The van der Waals surface area contributed by atoms with Crippen LogP contribution in [0.4, 0.5) is 23.3 Å². The fourth-order valence-corrected chi connectivity index (χ4v) is 2.52. The molecule has 2 heterocycles. The summed E-state index contributed by atoms with van der Waals surface area (Å²) >= 11 is 0. The number of rotatable bonds is 3. The maximum absolute atomic E-state index is 12.5. The summed E-state index contributed by atoms with van der Waals surface area (Å²) < 4.78 is 12.0. The molecule has 1 aliphatic rings. The van der Waals surface area contributed by atoms with Crippen LogP contribution in [0.1, 0.15) is 10.4 Å². The van der Waals surface area contributed by atoms with Crippen LogP contribution in [0.2, 0.25) is 0 Å². The third-order valence-electron chi connectivity index (χ3n) is 3.78. The molecule has 9 heteroatoms. The second-order valence-electron chi connectivity index (χ2n) is 5.62. The van der Waals surface area contributed by atoms with E-state index in [0.717, 1.165) is 4.68 Å². The van der Waals surface area contributed by atoms with Crippen molar-refractivity contribution in [2.24, 2.45) is 0 Å². The van der Waals surface area contributed by atoms with Crippen molar-refractivity contribution in [3.8, 4) is 11.5 Å². The molecule has 1 aromatic heterocycles. The molecule has 3 aromatic rings. The summed E-state index contributed by atoms with van der Waals surface area (Å²) in [4.78, 5) is 16.6. The molecular weight excluding hydrogens is 336 g/mol. The Kier molecular flexibility index (Phi) is 3.81. The molecule has 4 rings (SSSR count). The maximum Gasteiger partial charge on any atom is 0.281 e. The molecule has 26 heavy (non-hydrogen) atoms. The van der Waals surface area contributed by atoms with Gasteiger partial charge in [-0.2, -0.15) is 9.67 Å².